The molecule has 0 radical (unpaired) electrons. The Hall–Kier alpha value is -3.14. The average Bonchev–Trinajstić information content (AvgIpc) is 2.83. The number of carbonyl (C=O) groups excluding carboxylic acids is 4. The van der Waals surface area contributed by atoms with Crippen LogP contribution in [0, 0.1) is 6.92 Å². The molecule has 2 atom stereocenters. The molecule has 0 fully saturated rings. The normalized spacial score (nSPS) is 12.7. The maximum absolute atomic E-state index is 13.8. The van der Waals surface area contributed by atoms with Gasteiger partial charge in [0, 0.05) is 13.1 Å². The van der Waals surface area contributed by atoms with E-state index in [1.807, 2.05) is 19.1 Å². The van der Waals surface area contributed by atoms with Crippen LogP contribution in [-0.4, -0.2) is 71.8 Å². The van der Waals surface area contributed by atoms with Gasteiger partial charge in [0.1, 0.15) is 17.7 Å². The Morgan fingerprint density at radius 3 is 2.37 bits per heavy atom. The smallest absolute Gasteiger partial charge is 0.408 e. The number of aryl methyl sites for hydroxylation is 1. The second-order valence-electron chi connectivity index (χ2n) is 10.1. The van der Waals surface area contributed by atoms with E-state index in [4.69, 9.17) is 9.47 Å². The first-order chi connectivity index (χ1) is 17.9. The molecule has 1 aromatic carbocycles. The van der Waals surface area contributed by atoms with Crippen LogP contribution in [0.3, 0.4) is 0 Å². The summed E-state index contributed by atoms with van der Waals surface area (Å²) in [5, 5.41) is 15.2. The fraction of sp³-hybridized carbons (Fsp3) is 0.643. The maximum atomic E-state index is 13.8. The molecule has 0 aromatic heterocycles. The fourth-order valence-corrected chi connectivity index (χ4v) is 3.84. The molecule has 2 unspecified atom stereocenters. The largest absolute Gasteiger partial charge is 0.466 e. The maximum Gasteiger partial charge on any atom is 0.408 e. The van der Waals surface area contributed by atoms with Crippen LogP contribution in [0.4, 0.5) is 4.79 Å². The van der Waals surface area contributed by atoms with Crippen molar-refractivity contribution in [2.24, 2.45) is 0 Å². The van der Waals surface area contributed by atoms with Crippen molar-refractivity contribution in [3.05, 3.63) is 35.4 Å². The van der Waals surface area contributed by atoms with Gasteiger partial charge in [-0.3, -0.25) is 14.4 Å². The number of esters is 1. The lowest BCUT2D eigenvalue weighted by Crippen LogP contribution is -2.54. The lowest BCUT2D eigenvalue weighted by atomic mass is 10.00. The van der Waals surface area contributed by atoms with Crippen LogP contribution in [0.1, 0.15) is 83.9 Å². The SMILES string of the molecule is CCCCCCN(C(=O)C(CO)NC(=O)OC(C)(C)C)C(C(=O)NCCC(=O)OCC)c1cccc(C)c1. The van der Waals surface area contributed by atoms with Crippen molar-refractivity contribution in [3.8, 4) is 0 Å². The van der Waals surface area contributed by atoms with E-state index in [9.17, 15) is 24.3 Å². The van der Waals surface area contributed by atoms with Gasteiger partial charge in [-0.15, -0.1) is 0 Å². The Morgan fingerprint density at radius 2 is 1.79 bits per heavy atom. The van der Waals surface area contributed by atoms with Gasteiger partial charge in [0.25, 0.3) is 0 Å². The summed E-state index contributed by atoms with van der Waals surface area (Å²) in [5.41, 5.74) is 0.683. The van der Waals surface area contributed by atoms with Crippen LogP contribution in [0.15, 0.2) is 24.3 Å². The van der Waals surface area contributed by atoms with Crippen LogP contribution < -0.4 is 10.6 Å². The zero-order valence-electron chi connectivity index (χ0n) is 23.7. The van der Waals surface area contributed by atoms with Crippen molar-refractivity contribution in [1.29, 1.82) is 0 Å². The second-order valence-corrected chi connectivity index (χ2v) is 10.1. The van der Waals surface area contributed by atoms with E-state index in [0.29, 0.717) is 12.0 Å². The highest BCUT2D eigenvalue weighted by atomic mass is 16.6. The summed E-state index contributed by atoms with van der Waals surface area (Å²) in [7, 11) is 0. The average molecular weight is 536 g/mol. The zero-order valence-corrected chi connectivity index (χ0v) is 23.7. The first-order valence-electron chi connectivity index (χ1n) is 13.3. The van der Waals surface area contributed by atoms with Crippen LogP contribution in [0.2, 0.25) is 0 Å². The van der Waals surface area contributed by atoms with Gasteiger partial charge < -0.3 is 30.1 Å². The van der Waals surface area contributed by atoms with Gasteiger partial charge in [0.15, 0.2) is 0 Å². The number of amides is 3. The summed E-state index contributed by atoms with van der Waals surface area (Å²) in [4.78, 5) is 52.8. The van der Waals surface area contributed by atoms with Gasteiger partial charge >= 0.3 is 12.1 Å². The number of hydrogen-bond acceptors (Lipinski definition) is 7. The summed E-state index contributed by atoms with van der Waals surface area (Å²) < 4.78 is 10.2. The van der Waals surface area contributed by atoms with Crippen molar-refractivity contribution in [2.75, 3.05) is 26.3 Å². The highest BCUT2D eigenvalue weighted by Crippen LogP contribution is 2.24. The number of aliphatic hydroxyl groups is 1. The molecule has 0 saturated carbocycles. The van der Waals surface area contributed by atoms with Crippen LogP contribution in [-0.2, 0) is 23.9 Å². The Kier molecular flexibility index (Phi) is 14.4. The minimum absolute atomic E-state index is 0.00989. The predicted octanol–water partition coefficient (Wildman–Crippen LogP) is 3.40. The number of unbranched alkanes of at least 4 members (excludes halogenated alkanes) is 3. The van der Waals surface area contributed by atoms with E-state index in [1.165, 1.54) is 4.90 Å². The van der Waals surface area contributed by atoms with Crippen LogP contribution in [0.25, 0.3) is 0 Å². The number of nitrogens with zero attached hydrogens (tertiary/aromatic N) is 1. The third-order valence-corrected chi connectivity index (χ3v) is 5.56. The summed E-state index contributed by atoms with van der Waals surface area (Å²) in [6.45, 7) is 10.6. The molecule has 10 nitrogen and oxygen atoms in total. The third kappa shape index (κ3) is 11.9. The molecule has 10 heteroatoms. The lowest BCUT2D eigenvalue weighted by Gasteiger charge is -2.34. The van der Waals surface area contributed by atoms with Gasteiger partial charge in [0.05, 0.1) is 19.6 Å². The number of carbonyl (C=O) groups is 4. The standard InChI is InChI=1S/C28H45N3O7/c1-7-9-10-11-17-31(26(35)22(19-32)30-27(36)38-28(4,5)6)24(21-14-12-13-20(3)18-21)25(34)29-16-15-23(33)37-8-2/h12-14,18,22,24,32H,7-11,15-17,19H2,1-6H3,(H,29,34)(H,30,36). The summed E-state index contributed by atoms with van der Waals surface area (Å²) in [5.74, 6) is -1.52. The number of aliphatic hydroxyl groups excluding tert-OH is 1. The highest BCUT2D eigenvalue weighted by Gasteiger charge is 2.36. The van der Waals surface area contributed by atoms with Gasteiger partial charge in [-0.1, -0.05) is 56.0 Å². The van der Waals surface area contributed by atoms with Crippen molar-refractivity contribution in [1.82, 2.24) is 15.5 Å². The molecule has 1 aromatic rings. The molecule has 0 bridgehead atoms. The molecule has 0 heterocycles. The molecule has 3 amide bonds. The first kappa shape index (κ1) is 32.9. The molecule has 0 aliphatic rings. The van der Waals surface area contributed by atoms with Crippen molar-refractivity contribution in [3.63, 3.8) is 0 Å². The number of hydrogen-bond donors (Lipinski definition) is 3. The van der Waals surface area contributed by atoms with E-state index >= 15 is 0 Å². The molecular formula is C28H45N3O7. The second kappa shape index (κ2) is 16.7. The Labute approximate surface area is 226 Å². The summed E-state index contributed by atoms with van der Waals surface area (Å²) in [6, 6.07) is 4.90. The zero-order chi connectivity index (χ0) is 28.7. The van der Waals surface area contributed by atoms with Crippen molar-refractivity contribution in [2.45, 2.75) is 91.3 Å². The Balaban J connectivity index is 3.32. The van der Waals surface area contributed by atoms with Crippen molar-refractivity contribution >= 4 is 23.9 Å². The molecule has 38 heavy (non-hydrogen) atoms. The quantitative estimate of drug-likeness (QED) is 0.231. The topological polar surface area (TPSA) is 134 Å². The molecule has 0 spiro atoms. The van der Waals surface area contributed by atoms with Crippen LogP contribution >= 0.6 is 0 Å². The minimum Gasteiger partial charge on any atom is -0.466 e. The van der Waals surface area contributed by atoms with Gasteiger partial charge in [-0.2, -0.15) is 0 Å². The fourth-order valence-electron chi connectivity index (χ4n) is 3.84. The van der Waals surface area contributed by atoms with Gasteiger partial charge in [-0.25, -0.2) is 4.79 Å². The molecule has 0 aliphatic carbocycles. The molecular weight excluding hydrogens is 490 g/mol. The summed E-state index contributed by atoms with van der Waals surface area (Å²) >= 11 is 0. The first-order valence-corrected chi connectivity index (χ1v) is 13.3. The molecule has 0 saturated heterocycles. The lowest BCUT2D eigenvalue weighted by molar-refractivity contribution is -0.144. The predicted molar refractivity (Wildman–Crippen MR) is 144 cm³/mol. The Morgan fingerprint density at radius 1 is 1.08 bits per heavy atom. The van der Waals surface area contributed by atoms with Gasteiger partial charge in [-0.05, 0) is 46.6 Å². The van der Waals surface area contributed by atoms with Gasteiger partial charge in [0.2, 0.25) is 11.8 Å². The van der Waals surface area contributed by atoms with E-state index in [-0.39, 0.29) is 26.1 Å². The number of rotatable bonds is 15. The monoisotopic (exact) mass is 535 g/mol. The van der Waals surface area contributed by atoms with E-state index < -0.39 is 48.2 Å². The molecule has 3 N–H and O–H groups in total. The number of ether oxygens (including phenoxy) is 2. The molecule has 0 aliphatic heterocycles. The van der Waals surface area contributed by atoms with E-state index in [2.05, 4.69) is 17.6 Å². The van der Waals surface area contributed by atoms with Crippen molar-refractivity contribution < 1.29 is 33.8 Å². The highest BCUT2D eigenvalue weighted by molar-refractivity contribution is 5.92. The van der Waals surface area contributed by atoms with E-state index in [1.54, 1.807) is 39.8 Å². The summed E-state index contributed by atoms with van der Waals surface area (Å²) in [6.07, 6.45) is 2.56. The molecule has 214 valence electrons. The molecule has 1 rings (SSSR count). The number of benzene rings is 1. The number of alkyl carbamates (subject to hydrolysis) is 1. The van der Waals surface area contributed by atoms with Crippen LogP contribution in [0.5, 0.6) is 0 Å². The third-order valence-electron chi connectivity index (χ3n) is 5.56. The minimum atomic E-state index is -1.31. The number of nitrogens with one attached hydrogen (secondary N) is 2. The Bertz CT molecular complexity index is 914. The van der Waals surface area contributed by atoms with E-state index in [0.717, 1.165) is 24.8 Å².